The topological polar surface area (TPSA) is 158 Å². The number of halogens is 1. The zero-order chi connectivity index (χ0) is 24.3. The molecule has 33 heavy (non-hydrogen) atoms. The molecule has 0 radical (unpaired) electrons. The maximum Gasteiger partial charge on any atom is 0.269 e. The number of hydrogen-bond acceptors (Lipinski definition) is 9. The molecular weight excluding hydrogens is 496 g/mol. The Kier molecular flexibility index (Phi) is 6.95. The Balaban J connectivity index is 1.84. The highest BCUT2D eigenvalue weighted by atomic mass is 35.5. The van der Waals surface area contributed by atoms with E-state index in [9.17, 15) is 28.1 Å². The monoisotopic (exact) mass is 510 g/mol. The standard InChI is InChI=1S/C19H15ClN4O7S2/c1-10(25)22-15-8-16(31-2)13(7-14(15)20)18(26)23-19-21-9-17(32-19)33(29,30)12-5-3-11(4-6-12)24(27)28/h3-9H,1-2H3,(H,22,25)(H,21,23,26). The third-order valence-corrected chi connectivity index (χ3v) is 7.63. The van der Waals surface area contributed by atoms with Gasteiger partial charge in [0.1, 0.15) is 9.96 Å². The molecule has 0 aliphatic heterocycles. The van der Waals surface area contributed by atoms with Gasteiger partial charge in [-0.15, -0.1) is 0 Å². The molecule has 2 amide bonds. The van der Waals surface area contributed by atoms with Gasteiger partial charge in [0.25, 0.3) is 11.6 Å². The average Bonchev–Trinajstić information content (AvgIpc) is 3.24. The Morgan fingerprint density at radius 2 is 1.85 bits per heavy atom. The van der Waals surface area contributed by atoms with Gasteiger partial charge in [-0.3, -0.25) is 25.0 Å². The van der Waals surface area contributed by atoms with Crippen LogP contribution in [0.1, 0.15) is 17.3 Å². The Morgan fingerprint density at radius 1 is 1.18 bits per heavy atom. The summed E-state index contributed by atoms with van der Waals surface area (Å²) in [6, 6.07) is 7.08. The van der Waals surface area contributed by atoms with E-state index in [2.05, 4.69) is 15.6 Å². The smallest absolute Gasteiger partial charge is 0.269 e. The van der Waals surface area contributed by atoms with Crippen LogP contribution in [0.2, 0.25) is 5.02 Å². The van der Waals surface area contributed by atoms with E-state index in [1.807, 2.05) is 0 Å². The Hall–Kier alpha value is -3.55. The van der Waals surface area contributed by atoms with E-state index in [1.165, 1.54) is 26.2 Å². The number of aromatic nitrogens is 1. The summed E-state index contributed by atoms with van der Waals surface area (Å²) in [5.41, 5.74) is 0.0400. The van der Waals surface area contributed by atoms with E-state index in [0.717, 1.165) is 30.5 Å². The fourth-order valence-electron chi connectivity index (χ4n) is 2.65. The highest BCUT2D eigenvalue weighted by Gasteiger charge is 2.23. The minimum absolute atomic E-state index is 0.00963. The Morgan fingerprint density at radius 3 is 2.42 bits per heavy atom. The van der Waals surface area contributed by atoms with Crippen LogP contribution in [0.3, 0.4) is 0 Å². The zero-order valence-corrected chi connectivity index (χ0v) is 19.4. The maximum absolute atomic E-state index is 12.8. The van der Waals surface area contributed by atoms with Gasteiger partial charge in [-0.05, 0) is 18.2 Å². The number of nitro benzene ring substituents is 1. The molecule has 2 N–H and O–H groups in total. The van der Waals surface area contributed by atoms with Crippen molar-refractivity contribution < 1.29 is 27.7 Å². The van der Waals surface area contributed by atoms with Crippen molar-refractivity contribution in [2.24, 2.45) is 0 Å². The van der Waals surface area contributed by atoms with Crippen molar-refractivity contribution in [2.45, 2.75) is 16.0 Å². The normalized spacial score (nSPS) is 11.0. The number of benzene rings is 2. The van der Waals surface area contributed by atoms with Crippen molar-refractivity contribution in [2.75, 3.05) is 17.7 Å². The number of carbonyl (C=O) groups excluding carboxylic acids is 2. The van der Waals surface area contributed by atoms with E-state index < -0.39 is 20.7 Å². The molecule has 2 aromatic carbocycles. The summed E-state index contributed by atoms with van der Waals surface area (Å²) in [7, 11) is -2.67. The first kappa shape index (κ1) is 24.1. The molecule has 0 spiro atoms. The third-order valence-electron chi connectivity index (χ3n) is 4.17. The van der Waals surface area contributed by atoms with Gasteiger partial charge >= 0.3 is 0 Å². The quantitative estimate of drug-likeness (QED) is 0.359. The zero-order valence-electron chi connectivity index (χ0n) is 17.0. The van der Waals surface area contributed by atoms with Gasteiger partial charge in [-0.1, -0.05) is 22.9 Å². The molecular formula is C19H15ClN4O7S2. The Labute approximate surface area is 196 Å². The second kappa shape index (κ2) is 9.52. The molecule has 0 atom stereocenters. The minimum Gasteiger partial charge on any atom is -0.496 e. The number of nitrogens with zero attached hydrogens (tertiary/aromatic N) is 2. The third kappa shape index (κ3) is 5.27. The number of methoxy groups -OCH3 is 1. The van der Waals surface area contributed by atoms with Crippen molar-refractivity contribution in [1.29, 1.82) is 0 Å². The summed E-state index contributed by atoms with van der Waals surface area (Å²) < 4.78 is 30.6. The molecule has 14 heteroatoms. The highest BCUT2D eigenvalue weighted by molar-refractivity contribution is 7.93. The molecule has 0 unspecified atom stereocenters. The van der Waals surface area contributed by atoms with Crippen molar-refractivity contribution >= 4 is 61.1 Å². The number of anilines is 2. The first-order valence-corrected chi connectivity index (χ1v) is 11.6. The first-order valence-electron chi connectivity index (χ1n) is 8.94. The average molecular weight is 511 g/mol. The summed E-state index contributed by atoms with van der Waals surface area (Å²) in [6.45, 7) is 1.30. The minimum atomic E-state index is -4.00. The van der Waals surface area contributed by atoms with Crippen LogP contribution in [0.25, 0.3) is 0 Å². The number of sulfone groups is 1. The molecule has 172 valence electrons. The van der Waals surface area contributed by atoms with E-state index in [4.69, 9.17) is 16.3 Å². The van der Waals surface area contributed by atoms with E-state index in [1.54, 1.807) is 0 Å². The number of ether oxygens (including phenoxy) is 1. The molecule has 11 nitrogen and oxygen atoms in total. The number of rotatable bonds is 7. The predicted molar refractivity (Wildman–Crippen MR) is 121 cm³/mol. The lowest BCUT2D eigenvalue weighted by Gasteiger charge is -2.12. The van der Waals surface area contributed by atoms with E-state index in [0.29, 0.717) is 11.3 Å². The van der Waals surface area contributed by atoms with Crippen LogP contribution >= 0.6 is 22.9 Å². The molecule has 0 saturated carbocycles. The summed E-state index contributed by atoms with van der Waals surface area (Å²) >= 11 is 6.83. The summed E-state index contributed by atoms with van der Waals surface area (Å²) in [5, 5.41) is 15.8. The molecule has 0 bridgehead atoms. The van der Waals surface area contributed by atoms with Gasteiger partial charge in [-0.25, -0.2) is 13.4 Å². The lowest BCUT2D eigenvalue weighted by molar-refractivity contribution is -0.384. The number of amides is 2. The van der Waals surface area contributed by atoms with Crippen LogP contribution in [0.15, 0.2) is 51.7 Å². The lowest BCUT2D eigenvalue weighted by atomic mass is 10.1. The molecule has 0 aliphatic carbocycles. The fraction of sp³-hybridized carbons (Fsp3) is 0.105. The van der Waals surface area contributed by atoms with Crippen LogP contribution in [0, 0.1) is 10.1 Å². The molecule has 0 aliphatic rings. The lowest BCUT2D eigenvalue weighted by Crippen LogP contribution is -2.14. The number of thiazole rings is 1. The number of nitrogens with one attached hydrogen (secondary N) is 2. The van der Waals surface area contributed by atoms with Crippen molar-refractivity contribution in [3.8, 4) is 5.75 Å². The number of carbonyl (C=O) groups is 2. The van der Waals surface area contributed by atoms with Gasteiger partial charge in [0.15, 0.2) is 5.13 Å². The first-order chi connectivity index (χ1) is 15.5. The van der Waals surface area contributed by atoms with Crippen molar-refractivity contribution in [1.82, 2.24) is 4.98 Å². The fourth-order valence-corrected chi connectivity index (χ4v) is 5.29. The van der Waals surface area contributed by atoms with Gasteiger partial charge in [-0.2, -0.15) is 0 Å². The van der Waals surface area contributed by atoms with Gasteiger partial charge in [0.05, 0.1) is 39.4 Å². The largest absolute Gasteiger partial charge is 0.496 e. The Bertz CT molecular complexity index is 1350. The van der Waals surface area contributed by atoms with E-state index in [-0.39, 0.29) is 47.9 Å². The molecule has 1 heterocycles. The van der Waals surface area contributed by atoms with Crippen LogP contribution in [-0.2, 0) is 14.6 Å². The number of hydrogen-bond donors (Lipinski definition) is 2. The molecule has 0 saturated heterocycles. The van der Waals surface area contributed by atoms with Gasteiger partial charge in [0, 0.05) is 25.1 Å². The van der Waals surface area contributed by atoms with Crippen LogP contribution < -0.4 is 15.4 Å². The summed E-state index contributed by atoms with van der Waals surface area (Å²) in [6.07, 6.45) is 1.07. The number of non-ortho nitro benzene ring substituents is 1. The second-order valence-electron chi connectivity index (χ2n) is 6.41. The van der Waals surface area contributed by atoms with Gasteiger partial charge in [0.2, 0.25) is 15.7 Å². The molecule has 0 fully saturated rings. The number of nitro groups is 1. The van der Waals surface area contributed by atoms with Crippen molar-refractivity contribution in [3.63, 3.8) is 0 Å². The summed E-state index contributed by atoms with van der Waals surface area (Å²) in [4.78, 5) is 37.9. The molecule has 3 aromatic rings. The molecule has 3 rings (SSSR count). The van der Waals surface area contributed by atoms with Crippen LogP contribution in [0.5, 0.6) is 5.75 Å². The molecule has 1 aromatic heterocycles. The maximum atomic E-state index is 12.8. The van der Waals surface area contributed by atoms with Crippen molar-refractivity contribution in [3.05, 3.63) is 63.3 Å². The van der Waals surface area contributed by atoms with Crippen LogP contribution in [0.4, 0.5) is 16.5 Å². The van der Waals surface area contributed by atoms with Gasteiger partial charge < -0.3 is 10.1 Å². The SMILES string of the molecule is COc1cc(NC(C)=O)c(Cl)cc1C(=O)Nc1ncc(S(=O)(=O)c2ccc([N+](=O)[O-])cc2)s1. The van der Waals surface area contributed by atoms with Crippen LogP contribution in [-0.4, -0.2) is 37.2 Å². The second-order valence-corrected chi connectivity index (χ2v) is 10.0. The summed E-state index contributed by atoms with van der Waals surface area (Å²) in [5.74, 6) is -0.909. The van der Waals surface area contributed by atoms with E-state index >= 15 is 0 Å². The highest BCUT2D eigenvalue weighted by Crippen LogP contribution is 2.33. The predicted octanol–water partition coefficient (Wildman–Crippen LogP) is 3.76.